The van der Waals surface area contributed by atoms with Crippen LogP contribution in [0.3, 0.4) is 0 Å². The van der Waals surface area contributed by atoms with Crippen molar-refractivity contribution in [3.8, 4) is 5.75 Å². The van der Waals surface area contributed by atoms with E-state index in [4.69, 9.17) is 4.74 Å². The molecule has 22 heavy (non-hydrogen) atoms. The second-order valence-electron chi connectivity index (χ2n) is 6.02. The second kappa shape index (κ2) is 6.78. The molecule has 2 aromatic rings. The fraction of sp³-hybridized carbons (Fsp3) is 0.350. The molecule has 0 bridgehead atoms. The van der Waals surface area contributed by atoms with Gasteiger partial charge < -0.3 is 4.74 Å². The van der Waals surface area contributed by atoms with Crippen molar-refractivity contribution in [1.82, 2.24) is 0 Å². The van der Waals surface area contributed by atoms with Crippen LogP contribution in [-0.4, -0.2) is 11.9 Å². The molecule has 1 atom stereocenters. The van der Waals surface area contributed by atoms with Crippen molar-refractivity contribution in [2.45, 2.75) is 47.1 Å². The van der Waals surface area contributed by atoms with Gasteiger partial charge in [0, 0.05) is 11.1 Å². The van der Waals surface area contributed by atoms with Crippen LogP contribution in [0.2, 0.25) is 0 Å². The first-order valence-electron chi connectivity index (χ1n) is 7.81. The number of ketones is 1. The van der Waals surface area contributed by atoms with Crippen LogP contribution in [0.25, 0.3) is 0 Å². The zero-order valence-corrected chi connectivity index (χ0v) is 14.1. The Bertz CT molecular complexity index is 666. The van der Waals surface area contributed by atoms with E-state index in [0.717, 1.165) is 34.4 Å². The summed E-state index contributed by atoms with van der Waals surface area (Å²) in [7, 11) is 0. The molecule has 0 heterocycles. The highest BCUT2D eigenvalue weighted by Gasteiger charge is 2.12. The standard InChI is InChI=1S/C20H24O2/c1-6-16(5)22-19-8-7-17(12-15(19)4)20(21)18-10-13(2)9-14(3)11-18/h7-12,16H,6H2,1-5H3. The van der Waals surface area contributed by atoms with Gasteiger partial charge in [-0.2, -0.15) is 0 Å². The predicted molar refractivity (Wildman–Crippen MR) is 90.9 cm³/mol. The molecule has 0 N–H and O–H groups in total. The smallest absolute Gasteiger partial charge is 0.193 e. The monoisotopic (exact) mass is 296 g/mol. The third kappa shape index (κ3) is 3.76. The highest BCUT2D eigenvalue weighted by Crippen LogP contribution is 2.23. The molecular weight excluding hydrogens is 272 g/mol. The highest BCUT2D eigenvalue weighted by atomic mass is 16.5. The van der Waals surface area contributed by atoms with Gasteiger partial charge in [-0.05, 0) is 70.0 Å². The van der Waals surface area contributed by atoms with Crippen LogP contribution in [0.5, 0.6) is 5.75 Å². The quantitative estimate of drug-likeness (QED) is 0.724. The number of aryl methyl sites for hydroxylation is 3. The molecule has 2 rings (SSSR count). The van der Waals surface area contributed by atoms with E-state index < -0.39 is 0 Å². The van der Waals surface area contributed by atoms with Crippen LogP contribution in [0.1, 0.15) is 52.9 Å². The van der Waals surface area contributed by atoms with Crippen LogP contribution < -0.4 is 4.74 Å². The van der Waals surface area contributed by atoms with Crippen molar-refractivity contribution < 1.29 is 9.53 Å². The number of carbonyl (C=O) groups is 1. The van der Waals surface area contributed by atoms with Crippen molar-refractivity contribution >= 4 is 5.78 Å². The van der Waals surface area contributed by atoms with Gasteiger partial charge in [-0.25, -0.2) is 0 Å². The molecule has 0 aliphatic rings. The van der Waals surface area contributed by atoms with E-state index in [-0.39, 0.29) is 11.9 Å². The number of carbonyl (C=O) groups excluding carboxylic acids is 1. The molecule has 1 unspecified atom stereocenters. The summed E-state index contributed by atoms with van der Waals surface area (Å²) in [6.45, 7) is 10.2. The molecule has 0 spiro atoms. The summed E-state index contributed by atoms with van der Waals surface area (Å²) in [5, 5.41) is 0. The van der Waals surface area contributed by atoms with E-state index in [1.54, 1.807) is 0 Å². The number of ether oxygens (including phenoxy) is 1. The molecule has 0 aliphatic heterocycles. The van der Waals surface area contributed by atoms with E-state index in [0.29, 0.717) is 5.56 Å². The molecular formula is C20H24O2. The molecule has 0 saturated heterocycles. The molecule has 0 radical (unpaired) electrons. The zero-order valence-electron chi connectivity index (χ0n) is 14.1. The molecule has 2 heteroatoms. The van der Waals surface area contributed by atoms with E-state index in [2.05, 4.69) is 13.0 Å². The number of hydrogen-bond donors (Lipinski definition) is 0. The Morgan fingerprint density at radius 3 is 2.18 bits per heavy atom. The SMILES string of the molecule is CCC(C)Oc1ccc(C(=O)c2cc(C)cc(C)c2)cc1C. The molecule has 2 nitrogen and oxygen atoms in total. The van der Waals surface area contributed by atoms with Crippen molar-refractivity contribution in [2.75, 3.05) is 0 Å². The Kier molecular flexibility index (Phi) is 5.02. The fourth-order valence-corrected chi connectivity index (χ4v) is 2.50. The Morgan fingerprint density at radius 1 is 1.00 bits per heavy atom. The summed E-state index contributed by atoms with van der Waals surface area (Å²) in [4.78, 5) is 12.7. The molecule has 0 amide bonds. The fourth-order valence-electron chi connectivity index (χ4n) is 2.50. The lowest BCUT2D eigenvalue weighted by molar-refractivity contribution is 0.103. The summed E-state index contributed by atoms with van der Waals surface area (Å²) in [6, 6.07) is 11.6. The zero-order chi connectivity index (χ0) is 16.3. The first-order valence-corrected chi connectivity index (χ1v) is 7.81. The highest BCUT2D eigenvalue weighted by molar-refractivity contribution is 6.09. The summed E-state index contributed by atoms with van der Waals surface area (Å²) in [5.41, 5.74) is 4.66. The topological polar surface area (TPSA) is 26.3 Å². The molecule has 0 aromatic heterocycles. The van der Waals surface area contributed by atoms with E-state index in [1.807, 2.05) is 58.0 Å². The van der Waals surface area contributed by atoms with Crippen molar-refractivity contribution in [2.24, 2.45) is 0 Å². The van der Waals surface area contributed by atoms with Crippen LogP contribution in [0.4, 0.5) is 0 Å². The normalized spacial score (nSPS) is 12.0. The maximum atomic E-state index is 12.7. The second-order valence-corrected chi connectivity index (χ2v) is 6.02. The summed E-state index contributed by atoms with van der Waals surface area (Å²) < 4.78 is 5.86. The Balaban J connectivity index is 2.29. The number of rotatable bonds is 5. The molecule has 2 aromatic carbocycles. The van der Waals surface area contributed by atoms with Crippen LogP contribution in [-0.2, 0) is 0 Å². The van der Waals surface area contributed by atoms with Gasteiger partial charge in [-0.3, -0.25) is 4.79 Å². The number of benzene rings is 2. The van der Waals surface area contributed by atoms with Gasteiger partial charge >= 0.3 is 0 Å². The van der Waals surface area contributed by atoms with Crippen molar-refractivity contribution in [1.29, 1.82) is 0 Å². The summed E-state index contributed by atoms with van der Waals surface area (Å²) in [5.74, 6) is 0.913. The van der Waals surface area contributed by atoms with Gasteiger partial charge in [0.2, 0.25) is 0 Å². The first kappa shape index (κ1) is 16.3. The van der Waals surface area contributed by atoms with Crippen LogP contribution in [0.15, 0.2) is 36.4 Å². The molecule has 0 fully saturated rings. The van der Waals surface area contributed by atoms with E-state index in [9.17, 15) is 4.79 Å². The maximum absolute atomic E-state index is 12.7. The van der Waals surface area contributed by atoms with Crippen molar-refractivity contribution in [3.63, 3.8) is 0 Å². The lowest BCUT2D eigenvalue weighted by atomic mass is 9.98. The minimum atomic E-state index is 0.0602. The first-order chi connectivity index (χ1) is 10.4. The van der Waals surface area contributed by atoms with E-state index in [1.165, 1.54) is 0 Å². The van der Waals surface area contributed by atoms with Gasteiger partial charge in [0.15, 0.2) is 5.78 Å². The summed E-state index contributed by atoms with van der Waals surface area (Å²) >= 11 is 0. The van der Waals surface area contributed by atoms with Crippen molar-refractivity contribution in [3.05, 3.63) is 64.2 Å². The molecule has 116 valence electrons. The Hall–Kier alpha value is -2.09. The number of hydrogen-bond acceptors (Lipinski definition) is 2. The van der Waals surface area contributed by atoms with Gasteiger partial charge in [0.1, 0.15) is 5.75 Å². The Morgan fingerprint density at radius 2 is 1.64 bits per heavy atom. The van der Waals surface area contributed by atoms with Crippen LogP contribution >= 0.6 is 0 Å². The minimum absolute atomic E-state index is 0.0602. The lowest BCUT2D eigenvalue weighted by Gasteiger charge is -2.15. The van der Waals surface area contributed by atoms with Gasteiger partial charge in [-0.1, -0.05) is 24.1 Å². The van der Waals surface area contributed by atoms with E-state index >= 15 is 0 Å². The third-order valence-corrected chi connectivity index (χ3v) is 3.82. The average Bonchev–Trinajstić information content (AvgIpc) is 2.47. The third-order valence-electron chi connectivity index (χ3n) is 3.82. The summed E-state index contributed by atoms with van der Waals surface area (Å²) in [6.07, 6.45) is 1.14. The van der Waals surface area contributed by atoms with Crippen LogP contribution in [0, 0.1) is 20.8 Å². The predicted octanol–water partition coefficient (Wildman–Crippen LogP) is 5.02. The molecule has 0 saturated carbocycles. The lowest BCUT2D eigenvalue weighted by Crippen LogP contribution is -2.11. The average molecular weight is 296 g/mol. The maximum Gasteiger partial charge on any atom is 0.193 e. The van der Waals surface area contributed by atoms with Gasteiger partial charge in [-0.15, -0.1) is 0 Å². The largest absolute Gasteiger partial charge is 0.490 e. The Labute approximate surface area is 133 Å². The minimum Gasteiger partial charge on any atom is -0.490 e. The molecule has 0 aliphatic carbocycles. The van der Waals surface area contributed by atoms with Gasteiger partial charge in [0.25, 0.3) is 0 Å². The van der Waals surface area contributed by atoms with Gasteiger partial charge in [0.05, 0.1) is 6.10 Å².